The lowest BCUT2D eigenvalue weighted by Crippen LogP contribution is -2.21. The minimum absolute atomic E-state index is 0.0531. The number of nitrogens with zero attached hydrogens (tertiary/aromatic N) is 2. The molecule has 0 aliphatic carbocycles. The molecule has 0 saturated heterocycles. The predicted octanol–water partition coefficient (Wildman–Crippen LogP) is 2.41. The molecule has 2 rings (SSSR count). The Labute approximate surface area is 145 Å². The molecule has 25 heavy (non-hydrogen) atoms. The van der Waals surface area contributed by atoms with Gasteiger partial charge in [-0.2, -0.15) is 5.10 Å². The van der Waals surface area contributed by atoms with Gasteiger partial charge in [0.15, 0.2) is 0 Å². The number of amides is 1. The Morgan fingerprint density at radius 3 is 2.28 bits per heavy atom. The first kappa shape index (κ1) is 18.1. The third-order valence-corrected chi connectivity index (χ3v) is 3.68. The van der Waals surface area contributed by atoms with Crippen molar-refractivity contribution < 1.29 is 20.1 Å². The number of benzene rings is 2. The van der Waals surface area contributed by atoms with Crippen LogP contribution >= 0.6 is 0 Å². The van der Waals surface area contributed by atoms with Crippen LogP contribution in [0.15, 0.2) is 41.5 Å². The number of hydrogen-bond acceptors (Lipinski definition) is 6. The summed E-state index contributed by atoms with van der Waals surface area (Å²) in [6.07, 6.45) is 1.32. The van der Waals surface area contributed by atoms with Crippen LogP contribution in [0.1, 0.15) is 29.8 Å². The van der Waals surface area contributed by atoms with Gasteiger partial charge >= 0.3 is 0 Å². The first-order valence-electron chi connectivity index (χ1n) is 7.89. The third kappa shape index (κ3) is 4.63. The standard InChI is InChI=1S/C18H21N3O4/c1-3-21(4-2)14-6-5-12(17(24)9-14)11-19-20-18(25)13-7-15(22)10-16(23)8-13/h5-11,22-24H,3-4H2,1-2H3,(H,20,25)/b19-11-. The van der Waals surface area contributed by atoms with Gasteiger partial charge < -0.3 is 20.2 Å². The fourth-order valence-electron chi connectivity index (χ4n) is 2.38. The summed E-state index contributed by atoms with van der Waals surface area (Å²) in [5, 5.41) is 32.6. The molecule has 0 radical (unpaired) electrons. The molecule has 0 saturated carbocycles. The largest absolute Gasteiger partial charge is 0.508 e. The Kier molecular flexibility index (Phi) is 5.84. The Bertz CT molecular complexity index is 766. The van der Waals surface area contributed by atoms with Gasteiger partial charge in [-0.25, -0.2) is 5.43 Å². The molecular formula is C18H21N3O4. The molecular weight excluding hydrogens is 322 g/mol. The summed E-state index contributed by atoms with van der Waals surface area (Å²) < 4.78 is 0. The molecule has 2 aromatic rings. The number of carbonyl (C=O) groups excluding carboxylic acids is 1. The monoisotopic (exact) mass is 343 g/mol. The first-order valence-corrected chi connectivity index (χ1v) is 7.89. The number of phenols is 3. The smallest absolute Gasteiger partial charge is 0.271 e. The van der Waals surface area contributed by atoms with E-state index in [2.05, 4.69) is 15.4 Å². The highest BCUT2D eigenvalue weighted by Crippen LogP contribution is 2.23. The number of aromatic hydroxyl groups is 3. The number of carbonyl (C=O) groups is 1. The molecule has 132 valence electrons. The lowest BCUT2D eigenvalue weighted by atomic mass is 10.2. The molecule has 7 heteroatoms. The zero-order chi connectivity index (χ0) is 18.4. The summed E-state index contributed by atoms with van der Waals surface area (Å²) >= 11 is 0. The predicted molar refractivity (Wildman–Crippen MR) is 96.5 cm³/mol. The lowest BCUT2D eigenvalue weighted by molar-refractivity contribution is 0.0954. The summed E-state index contributed by atoms with van der Waals surface area (Å²) in [4.78, 5) is 14.0. The second-order valence-electron chi connectivity index (χ2n) is 5.35. The van der Waals surface area contributed by atoms with E-state index < -0.39 is 5.91 Å². The topological polar surface area (TPSA) is 105 Å². The van der Waals surface area contributed by atoms with Gasteiger partial charge in [0.25, 0.3) is 5.91 Å². The van der Waals surface area contributed by atoms with Crippen LogP contribution in [0.5, 0.6) is 17.2 Å². The van der Waals surface area contributed by atoms with Gasteiger partial charge in [0, 0.05) is 42.0 Å². The summed E-state index contributed by atoms with van der Waals surface area (Å²) in [6.45, 7) is 5.72. The second-order valence-corrected chi connectivity index (χ2v) is 5.35. The molecule has 0 spiro atoms. The molecule has 0 unspecified atom stereocenters. The average Bonchev–Trinajstić information content (AvgIpc) is 2.57. The minimum Gasteiger partial charge on any atom is -0.508 e. The number of nitrogens with one attached hydrogen (secondary N) is 1. The molecule has 0 fully saturated rings. The van der Waals surface area contributed by atoms with Gasteiger partial charge in [0.05, 0.1) is 6.21 Å². The molecule has 4 N–H and O–H groups in total. The highest BCUT2D eigenvalue weighted by Gasteiger charge is 2.08. The molecule has 7 nitrogen and oxygen atoms in total. The molecule has 0 atom stereocenters. The first-order chi connectivity index (χ1) is 11.9. The molecule has 0 aromatic heterocycles. The zero-order valence-corrected chi connectivity index (χ0v) is 14.1. The number of hydrogen-bond donors (Lipinski definition) is 4. The van der Waals surface area contributed by atoms with Crippen LogP contribution in [-0.4, -0.2) is 40.5 Å². The van der Waals surface area contributed by atoms with E-state index in [4.69, 9.17) is 0 Å². The van der Waals surface area contributed by atoms with Crippen molar-refractivity contribution in [1.82, 2.24) is 5.43 Å². The zero-order valence-electron chi connectivity index (χ0n) is 14.1. The Balaban J connectivity index is 2.07. The lowest BCUT2D eigenvalue weighted by Gasteiger charge is -2.21. The third-order valence-electron chi connectivity index (χ3n) is 3.68. The van der Waals surface area contributed by atoms with E-state index in [9.17, 15) is 20.1 Å². The highest BCUT2D eigenvalue weighted by molar-refractivity contribution is 5.95. The van der Waals surface area contributed by atoms with E-state index in [1.54, 1.807) is 12.1 Å². The molecule has 0 aliphatic heterocycles. The van der Waals surface area contributed by atoms with E-state index in [-0.39, 0.29) is 22.8 Å². The van der Waals surface area contributed by atoms with Gasteiger partial charge in [-0.1, -0.05) is 0 Å². The summed E-state index contributed by atoms with van der Waals surface area (Å²) in [5.41, 5.74) is 3.70. The fraction of sp³-hybridized carbons (Fsp3) is 0.222. The van der Waals surface area contributed by atoms with Gasteiger partial charge in [0.1, 0.15) is 17.2 Å². The van der Waals surface area contributed by atoms with E-state index in [1.807, 2.05) is 19.9 Å². The molecule has 0 bridgehead atoms. The van der Waals surface area contributed by atoms with Crippen molar-refractivity contribution in [1.29, 1.82) is 0 Å². The van der Waals surface area contributed by atoms with Crippen molar-refractivity contribution in [2.24, 2.45) is 5.10 Å². The number of anilines is 1. The fourth-order valence-corrected chi connectivity index (χ4v) is 2.38. The van der Waals surface area contributed by atoms with Crippen LogP contribution in [0.2, 0.25) is 0 Å². The van der Waals surface area contributed by atoms with Gasteiger partial charge in [-0.15, -0.1) is 0 Å². The Morgan fingerprint density at radius 1 is 1.08 bits per heavy atom. The van der Waals surface area contributed by atoms with Gasteiger partial charge in [-0.05, 0) is 38.1 Å². The maximum absolute atomic E-state index is 11.9. The van der Waals surface area contributed by atoms with Crippen LogP contribution in [0.25, 0.3) is 0 Å². The Morgan fingerprint density at radius 2 is 1.72 bits per heavy atom. The van der Waals surface area contributed by atoms with Crippen LogP contribution in [0, 0.1) is 0 Å². The number of hydrazone groups is 1. The molecule has 1 amide bonds. The van der Waals surface area contributed by atoms with E-state index in [0.717, 1.165) is 24.8 Å². The van der Waals surface area contributed by atoms with E-state index in [0.29, 0.717) is 5.56 Å². The number of phenolic OH excluding ortho intramolecular Hbond substituents is 3. The maximum atomic E-state index is 11.9. The summed E-state index contributed by atoms with van der Waals surface area (Å²) in [6, 6.07) is 8.75. The van der Waals surface area contributed by atoms with Crippen molar-refractivity contribution in [3.8, 4) is 17.2 Å². The molecule has 0 aliphatic rings. The van der Waals surface area contributed by atoms with Crippen molar-refractivity contribution in [3.63, 3.8) is 0 Å². The number of rotatable bonds is 6. The maximum Gasteiger partial charge on any atom is 0.271 e. The quantitative estimate of drug-likeness (QED) is 0.476. The van der Waals surface area contributed by atoms with Crippen molar-refractivity contribution in [2.45, 2.75) is 13.8 Å². The second kappa shape index (κ2) is 8.05. The molecule has 2 aromatic carbocycles. The summed E-state index contributed by atoms with van der Waals surface area (Å²) in [7, 11) is 0. The van der Waals surface area contributed by atoms with E-state index >= 15 is 0 Å². The normalized spacial score (nSPS) is 10.8. The van der Waals surface area contributed by atoms with Crippen LogP contribution in [-0.2, 0) is 0 Å². The van der Waals surface area contributed by atoms with Crippen molar-refractivity contribution in [2.75, 3.05) is 18.0 Å². The van der Waals surface area contributed by atoms with Gasteiger partial charge in [-0.3, -0.25) is 4.79 Å². The molecule has 0 heterocycles. The minimum atomic E-state index is -0.596. The van der Waals surface area contributed by atoms with Crippen molar-refractivity contribution in [3.05, 3.63) is 47.5 Å². The van der Waals surface area contributed by atoms with Crippen LogP contribution < -0.4 is 10.3 Å². The summed E-state index contributed by atoms with van der Waals surface area (Å²) in [5.74, 6) is -0.989. The van der Waals surface area contributed by atoms with E-state index in [1.165, 1.54) is 18.3 Å². The SMILES string of the molecule is CCN(CC)c1ccc(/C=N\NC(=O)c2cc(O)cc(O)c2)c(O)c1. The van der Waals surface area contributed by atoms with Gasteiger partial charge in [0.2, 0.25) is 0 Å². The van der Waals surface area contributed by atoms with Crippen LogP contribution in [0.4, 0.5) is 5.69 Å². The Hall–Kier alpha value is -3.22. The van der Waals surface area contributed by atoms with Crippen molar-refractivity contribution >= 4 is 17.8 Å². The highest BCUT2D eigenvalue weighted by atomic mass is 16.3. The average molecular weight is 343 g/mol. The van der Waals surface area contributed by atoms with Crippen LogP contribution in [0.3, 0.4) is 0 Å².